The minimum absolute atomic E-state index is 0.0923. The third kappa shape index (κ3) is 8.48. The van der Waals surface area contributed by atoms with E-state index in [1.54, 1.807) is 73.8 Å². The van der Waals surface area contributed by atoms with Crippen LogP contribution in [0, 0.1) is 0 Å². The molecule has 0 unspecified atom stereocenters. The maximum atomic E-state index is 13.3. The first kappa shape index (κ1) is 29.0. The van der Waals surface area contributed by atoms with E-state index in [1.807, 2.05) is 42.5 Å². The summed E-state index contributed by atoms with van der Waals surface area (Å²) in [7, 11) is 3.08. The summed E-state index contributed by atoms with van der Waals surface area (Å²) in [6, 6.07) is 30.2. The fraction of sp³-hybridized carbons (Fsp3) is 0.0938. The molecule has 3 amide bonds. The van der Waals surface area contributed by atoms with Crippen molar-refractivity contribution in [2.45, 2.75) is 4.90 Å². The molecule has 8 nitrogen and oxygen atoms in total. The molecule has 208 valence electrons. The Bertz CT molecular complexity index is 1540. The van der Waals surface area contributed by atoms with E-state index < -0.39 is 11.8 Å². The van der Waals surface area contributed by atoms with Gasteiger partial charge in [-0.15, -0.1) is 11.8 Å². The van der Waals surface area contributed by atoms with E-state index in [1.165, 1.54) is 18.9 Å². The Labute approximate surface area is 242 Å². The molecule has 0 fully saturated rings. The van der Waals surface area contributed by atoms with Crippen LogP contribution in [0.3, 0.4) is 0 Å². The molecule has 0 aromatic heterocycles. The largest absolute Gasteiger partial charge is 0.497 e. The zero-order chi connectivity index (χ0) is 29.0. The number of rotatable bonds is 11. The van der Waals surface area contributed by atoms with Crippen LogP contribution in [0.4, 0.5) is 11.4 Å². The Morgan fingerprint density at radius 1 is 0.780 bits per heavy atom. The molecule has 0 atom stereocenters. The van der Waals surface area contributed by atoms with Crippen LogP contribution in [0.2, 0.25) is 0 Å². The lowest BCUT2D eigenvalue weighted by Crippen LogP contribution is -2.30. The molecule has 3 N–H and O–H groups in total. The van der Waals surface area contributed by atoms with E-state index in [-0.39, 0.29) is 17.4 Å². The Morgan fingerprint density at radius 3 is 2.22 bits per heavy atom. The second kappa shape index (κ2) is 14.4. The number of benzene rings is 4. The van der Waals surface area contributed by atoms with Crippen LogP contribution < -0.4 is 25.4 Å². The smallest absolute Gasteiger partial charge is 0.272 e. The molecule has 0 aliphatic rings. The van der Waals surface area contributed by atoms with Crippen molar-refractivity contribution in [2.24, 2.45) is 0 Å². The molecule has 0 spiro atoms. The summed E-state index contributed by atoms with van der Waals surface area (Å²) in [4.78, 5) is 39.5. The summed E-state index contributed by atoms with van der Waals surface area (Å²) in [5, 5.41) is 8.42. The summed E-state index contributed by atoms with van der Waals surface area (Å²) < 4.78 is 10.5. The second-order valence-corrected chi connectivity index (χ2v) is 9.72. The lowest BCUT2D eigenvalue weighted by atomic mass is 10.1. The van der Waals surface area contributed by atoms with E-state index >= 15 is 0 Å². The van der Waals surface area contributed by atoms with E-state index in [4.69, 9.17) is 9.47 Å². The topological polar surface area (TPSA) is 106 Å². The van der Waals surface area contributed by atoms with Crippen LogP contribution in [0.1, 0.15) is 15.9 Å². The number of methoxy groups -OCH3 is 2. The van der Waals surface area contributed by atoms with Crippen molar-refractivity contribution in [1.29, 1.82) is 0 Å². The van der Waals surface area contributed by atoms with Gasteiger partial charge in [0, 0.05) is 22.2 Å². The van der Waals surface area contributed by atoms with Crippen LogP contribution in [0.15, 0.2) is 114 Å². The molecule has 0 saturated heterocycles. The third-order valence-electron chi connectivity index (χ3n) is 5.78. The van der Waals surface area contributed by atoms with Crippen molar-refractivity contribution in [3.05, 3.63) is 120 Å². The van der Waals surface area contributed by atoms with Crippen LogP contribution in [0.5, 0.6) is 11.5 Å². The van der Waals surface area contributed by atoms with Gasteiger partial charge in [0.25, 0.3) is 11.8 Å². The van der Waals surface area contributed by atoms with Crippen LogP contribution >= 0.6 is 11.8 Å². The number of thioether (sulfide) groups is 1. The highest BCUT2D eigenvalue weighted by Crippen LogP contribution is 2.29. The zero-order valence-electron chi connectivity index (χ0n) is 22.5. The normalized spacial score (nSPS) is 10.8. The number of ether oxygens (including phenoxy) is 2. The average Bonchev–Trinajstić information content (AvgIpc) is 3.00. The molecule has 4 aromatic carbocycles. The average molecular weight is 568 g/mol. The number of amides is 3. The number of hydrogen-bond donors (Lipinski definition) is 3. The van der Waals surface area contributed by atoms with E-state index in [2.05, 4.69) is 16.0 Å². The van der Waals surface area contributed by atoms with Gasteiger partial charge in [-0.25, -0.2) is 0 Å². The molecule has 4 aromatic rings. The first-order chi connectivity index (χ1) is 19.9. The van der Waals surface area contributed by atoms with Crippen LogP contribution in [-0.4, -0.2) is 37.7 Å². The fourth-order valence-corrected chi connectivity index (χ4v) is 4.52. The predicted octanol–water partition coefficient (Wildman–Crippen LogP) is 5.84. The Balaban J connectivity index is 1.43. The number of anilines is 2. The first-order valence-corrected chi connectivity index (χ1v) is 13.6. The number of nitrogens with one attached hydrogen (secondary N) is 3. The molecule has 4 rings (SSSR count). The van der Waals surface area contributed by atoms with Crippen molar-refractivity contribution < 1.29 is 23.9 Å². The van der Waals surface area contributed by atoms with E-state index in [0.717, 1.165) is 10.5 Å². The molecule has 0 saturated carbocycles. The highest BCUT2D eigenvalue weighted by atomic mass is 32.2. The highest BCUT2D eigenvalue weighted by molar-refractivity contribution is 8.00. The molecule has 0 aliphatic carbocycles. The van der Waals surface area contributed by atoms with Gasteiger partial charge >= 0.3 is 0 Å². The van der Waals surface area contributed by atoms with Gasteiger partial charge in [-0.05, 0) is 54.1 Å². The van der Waals surface area contributed by atoms with Gasteiger partial charge in [0.1, 0.15) is 17.2 Å². The summed E-state index contributed by atoms with van der Waals surface area (Å²) in [5.74, 6) is 0.136. The maximum absolute atomic E-state index is 13.3. The third-order valence-corrected chi connectivity index (χ3v) is 6.78. The van der Waals surface area contributed by atoms with E-state index in [0.29, 0.717) is 28.4 Å². The SMILES string of the molecule is COc1ccc(OC)c(NC(=O)CSc2cccc(NC(=O)/C(=C/c3ccccc3)NC(=O)c3ccccc3)c2)c1. The first-order valence-electron chi connectivity index (χ1n) is 12.6. The van der Waals surface area contributed by atoms with Crippen LogP contribution in [0.25, 0.3) is 6.08 Å². The van der Waals surface area contributed by atoms with Gasteiger partial charge in [0.05, 0.1) is 25.7 Å². The summed E-state index contributed by atoms with van der Waals surface area (Å²) in [6.45, 7) is 0. The predicted molar refractivity (Wildman–Crippen MR) is 162 cm³/mol. The summed E-state index contributed by atoms with van der Waals surface area (Å²) in [5.41, 5.74) is 2.31. The molecule has 9 heteroatoms. The van der Waals surface area contributed by atoms with Gasteiger partial charge in [-0.1, -0.05) is 54.6 Å². The lowest BCUT2D eigenvalue weighted by molar-refractivity contribution is -0.114. The quantitative estimate of drug-likeness (QED) is 0.155. The number of carbonyl (C=O) groups is 3. The van der Waals surface area contributed by atoms with Crippen molar-refractivity contribution in [3.63, 3.8) is 0 Å². The van der Waals surface area contributed by atoms with E-state index in [9.17, 15) is 14.4 Å². The minimum Gasteiger partial charge on any atom is -0.497 e. The molecular weight excluding hydrogens is 538 g/mol. The molecule has 0 aliphatic heterocycles. The highest BCUT2D eigenvalue weighted by Gasteiger charge is 2.16. The van der Waals surface area contributed by atoms with Gasteiger partial charge in [0.15, 0.2) is 0 Å². The Morgan fingerprint density at radius 2 is 1.51 bits per heavy atom. The van der Waals surface area contributed by atoms with Crippen molar-refractivity contribution in [2.75, 3.05) is 30.6 Å². The molecule has 41 heavy (non-hydrogen) atoms. The molecular formula is C32H29N3O5S. The zero-order valence-corrected chi connectivity index (χ0v) is 23.4. The van der Waals surface area contributed by atoms with Crippen molar-refractivity contribution in [1.82, 2.24) is 5.32 Å². The number of carbonyl (C=O) groups excluding carboxylic acids is 3. The van der Waals surface area contributed by atoms with Gasteiger partial charge in [-0.2, -0.15) is 0 Å². The fourth-order valence-electron chi connectivity index (χ4n) is 3.77. The Kier molecular flexibility index (Phi) is 10.2. The molecule has 0 bridgehead atoms. The van der Waals surface area contributed by atoms with Gasteiger partial charge in [0.2, 0.25) is 5.91 Å². The minimum atomic E-state index is -0.483. The monoisotopic (exact) mass is 567 g/mol. The number of hydrogen-bond acceptors (Lipinski definition) is 6. The van der Waals surface area contributed by atoms with Gasteiger partial charge < -0.3 is 25.4 Å². The maximum Gasteiger partial charge on any atom is 0.272 e. The summed E-state index contributed by atoms with van der Waals surface area (Å²) in [6.07, 6.45) is 1.62. The second-order valence-electron chi connectivity index (χ2n) is 8.67. The molecule has 0 heterocycles. The summed E-state index contributed by atoms with van der Waals surface area (Å²) >= 11 is 1.31. The van der Waals surface area contributed by atoms with Crippen molar-refractivity contribution >= 4 is 46.9 Å². The standard InChI is InChI=1S/C32H29N3O5S/c1-39-25-16-17-29(40-2)27(20-25)34-30(36)21-41-26-15-9-14-24(19-26)33-32(38)28(18-22-10-5-3-6-11-22)35-31(37)23-12-7-4-8-13-23/h3-20H,21H2,1-2H3,(H,33,38)(H,34,36)(H,35,37)/b28-18-. The van der Waals surface area contributed by atoms with Crippen LogP contribution in [-0.2, 0) is 9.59 Å². The lowest BCUT2D eigenvalue weighted by Gasteiger charge is -2.13. The molecule has 0 radical (unpaired) electrons. The van der Waals surface area contributed by atoms with Crippen molar-refractivity contribution in [3.8, 4) is 11.5 Å². The Hall–Kier alpha value is -5.02. The van der Waals surface area contributed by atoms with Gasteiger partial charge in [-0.3, -0.25) is 14.4 Å².